The van der Waals surface area contributed by atoms with Gasteiger partial charge in [-0.05, 0) is 93.3 Å². The van der Waals surface area contributed by atoms with E-state index in [-0.39, 0.29) is 0 Å². The standard InChI is InChI=1S/C50H32N2S/c1-2-14-38(15-3-1)52-45-19-9-8-17-42(45)43-29-24-37(32-47(43)52)34-21-26-39(27-22-34)51(40-28-23-33-11-4-5-13-36(33)31-40)46-20-10-18-44-49-41-16-7-6-12-35(41)25-30-48(49)53-50(44)46/h1-32H. The molecule has 3 heteroatoms. The minimum Gasteiger partial charge on any atom is -0.309 e. The maximum absolute atomic E-state index is 2.44. The molecule has 0 radical (unpaired) electrons. The summed E-state index contributed by atoms with van der Waals surface area (Å²) < 4.78 is 4.98. The first-order chi connectivity index (χ1) is 26.3. The van der Waals surface area contributed by atoms with Gasteiger partial charge in [0, 0.05) is 43.3 Å². The molecule has 0 N–H and O–H groups in total. The number of rotatable bonds is 5. The van der Waals surface area contributed by atoms with Crippen molar-refractivity contribution in [3.63, 3.8) is 0 Å². The number of hydrogen-bond donors (Lipinski definition) is 0. The number of thiophene rings is 1. The molecule has 2 aromatic heterocycles. The van der Waals surface area contributed by atoms with E-state index in [0.29, 0.717) is 0 Å². The number of para-hydroxylation sites is 2. The van der Waals surface area contributed by atoms with Gasteiger partial charge < -0.3 is 9.47 Å². The van der Waals surface area contributed by atoms with E-state index < -0.39 is 0 Å². The average molecular weight is 693 g/mol. The zero-order chi connectivity index (χ0) is 34.9. The van der Waals surface area contributed by atoms with Crippen LogP contribution in [0.2, 0.25) is 0 Å². The van der Waals surface area contributed by atoms with Crippen LogP contribution in [0.15, 0.2) is 194 Å². The Balaban J connectivity index is 1.08. The fraction of sp³-hybridized carbons (Fsp3) is 0. The number of benzene rings is 9. The predicted molar refractivity (Wildman–Crippen MR) is 229 cm³/mol. The van der Waals surface area contributed by atoms with Gasteiger partial charge in [-0.2, -0.15) is 0 Å². The SMILES string of the molecule is c1ccc(-n2c3ccccc3c3ccc(-c4ccc(N(c5ccc6ccccc6c5)c5cccc6c5sc5ccc7ccccc7c56)cc4)cc32)cc1. The first-order valence-corrected chi connectivity index (χ1v) is 18.9. The van der Waals surface area contributed by atoms with Crippen LogP contribution in [0.4, 0.5) is 17.1 Å². The van der Waals surface area contributed by atoms with Crippen LogP contribution in [0.1, 0.15) is 0 Å². The summed E-state index contributed by atoms with van der Waals surface area (Å²) in [5.41, 5.74) is 9.42. The number of anilines is 3. The van der Waals surface area contributed by atoms with Crippen molar-refractivity contribution in [3.05, 3.63) is 194 Å². The van der Waals surface area contributed by atoms with Gasteiger partial charge >= 0.3 is 0 Å². The van der Waals surface area contributed by atoms with Gasteiger partial charge in [0.05, 0.1) is 21.4 Å². The number of aromatic nitrogens is 1. The van der Waals surface area contributed by atoms with E-state index in [0.717, 1.165) is 11.4 Å². The van der Waals surface area contributed by atoms with E-state index in [9.17, 15) is 0 Å². The average Bonchev–Trinajstić information content (AvgIpc) is 3.78. The molecule has 2 heterocycles. The third-order valence-corrected chi connectivity index (χ3v) is 11.9. The molecule has 0 saturated heterocycles. The highest BCUT2D eigenvalue weighted by atomic mass is 32.1. The second-order valence-corrected chi connectivity index (χ2v) is 14.8. The Hall–Kier alpha value is -6.68. The van der Waals surface area contributed by atoms with Crippen LogP contribution in [0.5, 0.6) is 0 Å². The summed E-state index contributed by atoms with van der Waals surface area (Å²) in [5, 5.41) is 10.2. The topological polar surface area (TPSA) is 8.17 Å². The quantitative estimate of drug-likeness (QED) is 0.174. The van der Waals surface area contributed by atoms with Crippen LogP contribution in [0, 0.1) is 0 Å². The third-order valence-electron chi connectivity index (χ3n) is 10.7. The number of hydrogen-bond acceptors (Lipinski definition) is 2. The molecule has 53 heavy (non-hydrogen) atoms. The molecule has 0 saturated carbocycles. The Morgan fingerprint density at radius 1 is 0.396 bits per heavy atom. The van der Waals surface area contributed by atoms with Crippen LogP contribution < -0.4 is 4.90 Å². The molecule has 0 amide bonds. The Labute approximate surface area is 311 Å². The molecule has 0 aliphatic heterocycles. The molecule has 0 spiro atoms. The maximum atomic E-state index is 2.44. The molecule has 11 aromatic rings. The van der Waals surface area contributed by atoms with Crippen molar-refractivity contribution in [3.8, 4) is 16.8 Å². The zero-order valence-electron chi connectivity index (χ0n) is 28.8. The smallest absolute Gasteiger partial charge is 0.0640 e. The van der Waals surface area contributed by atoms with Crippen LogP contribution >= 0.6 is 11.3 Å². The highest BCUT2D eigenvalue weighted by molar-refractivity contribution is 7.26. The van der Waals surface area contributed by atoms with Crippen molar-refractivity contribution < 1.29 is 0 Å². The zero-order valence-corrected chi connectivity index (χ0v) is 29.6. The van der Waals surface area contributed by atoms with Crippen molar-refractivity contribution in [2.75, 3.05) is 4.90 Å². The fourth-order valence-electron chi connectivity index (χ4n) is 8.28. The third kappa shape index (κ3) is 4.78. The lowest BCUT2D eigenvalue weighted by Gasteiger charge is -2.26. The molecule has 0 fully saturated rings. The molecule has 0 atom stereocenters. The van der Waals surface area contributed by atoms with Gasteiger partial charge in [-0.1, -0.05) is 133 Å². The molecular formula is C50H32N2S. The van der Waals surface area contributed by atoms with Gasteiger partial charge in [0.25, 0.3) is 0 Å². The van der Waals surface area contributed by atoms with Gasteiger partial charge in [-0.15, -0.1) is 11.3 Å². The Bertz CT molecular complexity index is 3170. The van der Waals surface area contributed by atoms with Crippen LogP contribution in [0.25, 0.3) is 80.3 Å². The molecular weight excluding hydrogens is 661 g/mol. The van der Waals surface area contributed by atoms with Gasteiger partial charge in [0.2, 0.25) is 0 Å². The van der Waals surface area contributed by atoms with E-state index in [1.165, 1.54) is 86.0 Å². The molecule has 9 aromatic carbocycles. The molecule has 0 aliphatic carbocycles. The lowest BCUT2D eigenvalue weighted by atomic mass is 10.0. The summed E-state index contributed by atoms with van der Waals surface area (Å²) in [5.74, 6) is 0. The number of fused-ring (bicyclic) bond motifs is 9. The minimum atomic E-state index is 1.12. The lowest BCUT2D eigenvalue weighted by molar-refractivity contribution is 1.18. The monoisotopic (exact) mass is 692 g/mol. The second-order valence-electron chi connectivity index (χ2n) is 13.7. The van der Waals surface area contributed by atoms with Gasteiger partial charge in [0.15, 0.2) is 0 Å². The van der Waals surface area contributed by atoms with Crippen molar-refractivity contribution in [1.82, 2.24) is 4.57 Å². The highest BCUT2D eigenvalue weighted by Gasteiger charge is 2.20. The summed E-state index contributed by atoms with van der Waals surface area (Å²) in [4.78, 5) is 2.44. The first kappa shape index (κ1) is 30.0. The van der Waals surface area contributed by atoms with Gasteiger partial charge in [0.1, 0.15) is 0 Å². The van der Waals surface area contributed by atoms with Crippen molar-refractivity contribution in [2.24, 2.45) is 0 Å². The summed E-state index contributed by atoms with van der Waals surface area (Å²) in [6.45, 7) is 0. The van der Waals surface area contributed by atoms with Crippen molar-refractivity contribution >= 4 is 91.9 Å². The highest BCUT2D eigenvalue weighted by Crippen LogP contribution is 2.47. The van der Waals surface area contributed by atoms with E-state index in [1.807, 2.05) is 11.3 Å². The first-order valence-electron chi connectivity index (χ1n) is 18.1. The lowest BCUT2D eigenvalue weighted by Crippen LogP contribution is -2.10. The molecule has 11 rings (SSSR count). The largest absolute Gasteiger partial charge is 0.309 e. The molecule has 0 aliphatic rings. The van der Waals surface area contributed by atoms with Crippen LogP contribution in [-0.2, 0) is 0 Å². The van der Waals surface area contributed by atoms with Crippen molar-refractivity contribution in [1.29, 1.82) is 0 Å². The number of nitrogens with zero attached hydrogens (tertiary/aromatic N) is 2. The normalized spacial score (nSPS) is 11.8. The predicted octanol–water partition coefficient (Wildman–Crippen LogP) is 14.6. The molecule has 0 unspecified atom stereocenters. The van der Waals surface area contributed by atoms with E-state index in [2.05, 4.69) is 204 Å². The Morgan fingerprint density at radius 2 is 1.06 bits per heavy atom. The van der Waals surface area contributed by atoms with Gasteiger partial charge in [-0.25, -0.2) is 0 Å². The van der Waals surface area contributed by atoms with Crippen LogP contribution in [0.3, 0.4) is 0 Å². The summed E-state index contributed by atoms with van der Waals surface area (Å²) in [6.07, 6.45) is 0. The van der Waals surface area contributed by atoms with E-state index >= 15 is 0 Å². The molecule has 0 bridgehead atoms. The van der Waals surface area contributed by atoms with Crippen LogP contribution in [-0.4, -0.2) is 4.57 Å². The summed E-state index contributed by atoms with van der Waals surface area (Å²) in [7, 11) is 0. The minimum absolute atomic E-state index is 1.12. The Kier molecular flexibility index (Phi) is 6.76. The summed E-state index contributed by atoms with van der Waals surface area (Å²) >= 11 is 1.88. The van der Waals surface area contributed by atoms with E-state index in [4.69, 9.17) is 0 Å². The van der Waals surface area contributed by atoms with Gasteiger partial charge in [-0.3, -0.25) is 0 Å². The van der Waals surface area contributed by atoms with E-state index in [1.54, 1.807) is 0 Å². The van der Waals surface area contributed by atoms with Crippen molar-refractivity contribution in [2.45, 2.75) is 0 Å². The summed E-state index contributed by atoms with van der Waals surface area (Å²) in [6, 6.07) is 70.9. The maximum Gasteiger partial charge on any atom is 0.0640 e. The second kappa shape index (κ2) is 11.9. The molecule has 2 nitrogen and oxygen atoms in total. The fourth-order valence-corrected chi connectivity index (χ4v) is 9.50. The molecule has 248 valence electrons. The Morgan fingerprint density at radius 3 is 1.92 bits per heavy atom.